The molecular formula is C28H57NO. The maximum Gasteiger partial charge on any atom is 0.219 e. The second-order valence-electron chi connectivity index (χ2n) is 10.2. The van der Waals surface area contributed by atoms with E-state index in [2.05, 4.69) is 46.9 Å². The van der Waals surface area contributed by atoms with Crippen LogP contribution < -0.4 is 5.32 Å². The number of unbranched alkanes of at least 4 members (excludes halogenated alkanes) is 7. The minimum Gasteiger partial charge on any atom is -0.356 e. The van der Waals surface area contributed by atoms with Crippen LogP contribution in [0.5, 0.6) is 0 Å². The third-order valence-corrected chi connectivity index (χ3v) is 7.28. The van der Waals surface area contributed by atoms with Crippen LogP contribution in [0.4, 0.5) is 0 Å². The monoisotopic (exact) mass is 423 g/mol. The molecule has 1 amide bonds. The van der Waals surface area contributed by atoms with E-state index in [1.165, 1.54) is 83.5 Å². The Labute approximate surface area is 190 Å². The van der Waals surface area contributed by atoms with Gasteiger partial charge >= 0.3 is 0 Å². The number of hydrogen-bond acceptors (Lipinski definition) is 1. The molecule has 180 valence electrons. The van der Waals surface area contributed by atoms with Crippen LogP contribution in [0.3, 0.4) is 0 Å². The lowest BCUT2D eigenvalue weighted by molar-refractivity contribution is -0.121. The minimum absolute atomic E-state index is 0.269. The molecule has 30 heavy (non-hydrogen) atoms. The predicted octanol–water partition coefficient (Wildman–Crippen LogP) is 8.93. The number of amides is 1. The molecule has 0 aromatic heterocycles. The molecule has 0 aromatic carbocycles. The zero-order chi connectivity index (χ0) is 22.6. The highest BCUT2D eigenvalue weighted by Crippen LogP contribution is 2.26. The smallest absolute Gasteiger partial charge is 0.219 e. The first kappa shape index (κ1) is 29.5. The first-order valence-electron chi connectivity index (χ1n) is 13.7. The van der Waals surface area contributed by atoms with Crippen LogP contribution in [-0.4, -0.2) is 12.5 Å². The summed E-state index contributed by atoms with van der Waals surface area (Å²) >= 11 is 0. The van der Waals surface area contributed by atoms with Crippen LogP contribution >= 0.6 is 0 Å². The third kappa shape index (κ3) is 16.2. The molecule has 0 aliphatic rings. The first-order valence-corrected chi connectivity index (χ1v) is 13.7. The Morgan fingerprint density at radius 1 is 0.667 bits per heavy atom. The quantitative estimate of drug-likeness (QED) is 0.183. The number of hydrogen-bond donors (Lipinski definition) is 1. The summed E-state index contributed by atoms with van der Waals surface area (Å²) in [4.78, 5) is 12.3. The molecule has 0 aromatic rings. The summed E-state index contributed by atoms with van der Waals surface area (Å²) in [5, 5.41) is 3.21. The second-order valence-corrected chi connectivity index (χ2v) is 10.2. The van der Waals surface area contributed by atoms with Crippen molar-refractivity contribution in [3.8, 4) is 0 Å². The third-order valence-electron chi connectivity index (χ3n) is 7.28. The van der Waals surface area contributed by atoms with Gasteiger partial charge in [-0.25, -0.2) is 0 Å². The molecule has 0 radical (unpaired) electrons. The van der Waals surface area contributed by atoms with E-state index < -0.39 is 0 Å². The molecule has 2 heteroatoms. The SMILES string of the molecule is CCCCCCCC(C)C(CC)CCNC(=O)CCCC(CCCCCC)C(C)C. The zero-order valence-electron chi connectivity index (χ0n) is 21.7. The van der Waals surface area contributed by atoms with Crippen molar-refractivity contribution >= 4 is 5.91 Å². The fourth-order valence-electron chi connectivity index (χ4n) is 4.85. The van der Waals surface area contributed by atoms with E-state index >= 15 is 0 Å². The average molecular weight is 424 g/mol. The molecule has 0 saturated carbocycles. The Hall–Kier alpha value is -0.530. The summed E-state index contributed by atoms with van der Waals surface area (Å²) in [5.74, 6) is 3.34. The Bertz CT molecular complexity index is 379. The van der Waals surface area contributed by atoms with Crippen LogP contribution in [0.2, 0.25) is 0 Å². The van der Waals surface area contributed by atoms with Crippen LogP contribution in [-0.2, 0) is 4.79 Å². The normalized spacial score (nSPS) is 14.6. The van der Waals surface area contributed by atoms with Crippen molar-refractivity contribution in [2.75, 3.05) is 6.54 Å². The average Bonchev–Trinajstić information content (AvgIpc) is 2.72. The fraction of sp³-hybridized carbons (Fsp3) is 0.964. The number of carbonyl (C=O) groups is 1. The lowest BCUT2D eigenvalue weighted by atomic mass is 9.85. The lowest BCUT2D eigenvalue weighted by Crippen LogP contribution is -2.27. The summed E-state index contributed by atoms with van der Waals surface area (Å²) in [6.07, 6.45) is 20.3. The number of carbonyl (C=O) groups excluding carboxylic acids is 1. The molecule has 2 nitrogen and oxygen atoms in total. The van der Waals surface area contributed by atoms with Gasteiger partial charge in [-0.2, -0.15) is 0 Å². The van der Waals surface area contributed by atoms with E-state index in [0.29, 0.717) is 6.42 Å². The van der Waals surface area contributed by atoms with E-state index in [4.69, 9.17) is 0 Å². The Morgan fingerprint density at radius 2 is 1.23 bits per heavy atom. The Balaban J connectivity index is 3.96. The van der Waals surface area contributed by atoms with Gasteiger partial charge in [-0.15, -0.1) is 0 Å². The summed E-state index contributed by atoms with van der Waals surface area (Å²) in [6.45, 7) is 14.8. The molecule has 3 unspecified atom stereocenters. The van der Waals surface area contributed by atoms with E-state index in [0.717, 1.165) is 43.1 Å². The van der Waals surface area contributed by atoms with Gasteiger partial charge in [-0.3, -0.25) is 4.79 Å². The summed E-state index contributed by atoms with van der Waals surface area (Å²) < 4.78 is 0. The molecule has 0 saturated heterocycles. The molecule has 0 heterocycles. The van der Waals surface area contributed by atoms with Crippen LogP contribution in [0.1, 0.15) is 144 Å². The zero-order valence-corrected chi connectivity index (χ0v) is 21.7. The van der Waals surface area contributed by atoms with Crippen molar-refractivity contribution in [2.45, 2.75) is 144 Å². The van der Waals surface area contributed by atoms with E-state index in [9.17, 15) is 4.79 Å². The van der Waals surface area contributed by atoms with Crippen molar-refractivity contribution in [3.63, 3.8) is 0 Å². The number of rotatable bonds is 21. The van der Waals surface area contributed by atoms with Gasteiger partial charge in [0.15, 0.2) is 0 Å². The van der Waals surface area contributed by atoms with Gasteiger partial charge in [-0.1, -0.05) is 119 Å². The van der Waals surface area contributed by atoms with Gasteiger partial charge < -0.3 is 5.32 Å². The van der Waals surface area contributed by atoms with Gasteiger partial charge in [0, 0.05) is 13.0 Å². The highest BCUT2D eigenvalue weighted by atomic mass is 16.1. The molecule has 0 bridgehead atoms. The molecule has 0 fully saturated rings. The number of nitrogens with one attached hydrogen (secondary N) is 1. The molecule has 0 spiro atoms. The standard InChI is InChI=1S/C28H57NO/c1-7-10-12-14-15-18-25(6)26(9-3)22-23-29-28(30)21-17-20-27(24(4)5)19-16-13-11-8-2/h24-27H,7-23H2,1-6H3,(H,29,30). The highest BCUT2D eigenvalue weighted by Gasteiger charge is 2.16. The van der Waals surface area contributed by atoms with Gasteiger partial charge in [0.1, 0.15) is 0 Å². The summed E-state index contributed by atoms with van der Waals surface area (Å²) in [5.41, 5.74) is 0. The predicted molar refractivity (Wildman–Crippen MR) is 135 cm³/mol. The highest BCUT2D eigenvalue weighted by molar-refractivity contribution is 5.75. The molecular weight excluding hydrogens is 366 g/mol. The van der Waals surface area contributed by atoms with Gasteiger partial charge in [0.2, 0.25) is 5.91 Å². The van der Waals surface area contributed by atoms with Crippen molar-refractivity contribution in [3.05, 3.63) is 0 Å². The first-order chi connectivity index (χ1) is 14.5. The largest absolute Gasteiger partial charge is 0.356 e. The minimum atomic E-state index is 0.269. The topological polar surface area (TPSA) is 29.1 Å². The van der Waals surface area contributed by atoms with Gasteiger partial charge in [-0.05, 0) is 42.9 Å². The van der Waals surface area contributed by atoms with Gasteiger partial charge in [0.05, 0.1) is 0 Å². The maximum atomic E-state index is 12.3. The fourth-order valence-corrected chi connectivity index (χ4v) is 4.85. The van der Waals surface area contributed by atoms with Crippen molar-refractivity contribution in [1.29, 1.82) is 0 Å². The lowest BCUT2D eigenvalue weighted by Gasteiger charge is -2.23. The molecule has 3 atom stereocenters. The molecule has 0 aliphatic heterocycles. The Morgan fingerprint density at radius 3 is 1.83 bits per heavy atom. The second kappa shape index (κ2) is 20.4. The van der Waals surface area contributed by atoms with Crippen molar-refractivity contribution < 1.29 is 4.79 Å². The van der Waals surface area contributed by atoms with Crippen molar-refractivity contribution in [2.24, 2.45) is 23.7 Å². The molecule has 0 rings (SSSR count). The molecule has 1 N–H and O–H groups in total. The van der Waals surface area contributed by atoms with E-state index in [-0.39, 0.29) is 5.91 Å². The van der Waals surface area contributed by atoms with Gasteiger partial charge in [0.25, 0.3) is 0 Å². The maximum absolute atomic E-state index is 12.3. The van der Waals surface area contributed by atoms with Crippen molar-refractivity contribution in [1.82, 2.24) is 5.32 Å². The Kier molecular flexibility index (Phi) is 20.0. The van der Waals surface area contributed by atoms with Crippen LogP contribution in [0.25, 0.3) is 0 Å². The molecule has 0 aliphatic carbocycles. The summed E-state index contributed by atoms with van der Waals surface area (Å²) in [6, 6.07) is 0. The van der Waals surface area contributed by atoms with E-state index in [1.807, 2.05) is 0 Å². The summed E-state index contributed by atoms with van der Waals surface area (Å²) in [7, 11) is 0. The van der Waals surface area contributed by atoms with Crippen LogP contribution in [0.15, 0.2) is 0 Å². The van der Waals surface area contributed by atoms with E-state index in [1.54, 1.807) is 0 Å². The van der Waals surface area contributed by atoms with Crippen LogP contribution in [0, 0.1) is 23.7 Å².